The summed E-state index contributed by atoms with van der Waals surface area (Å²) in [6.07, 6.45) is 1.71. The molecule has 0 aromatic rings. The van der Waals surface area contributed by atoms with Gasteiger partial charge >= 0.3 is 5.97 Å². The first-order valence-corrected chi connectivity index (χ1v) is 9.37. The van der Waals surface area contributed by atoms with Gasteiger partial charge in [0.15, 0.2) is 0 Å². The molecule has 0 aliphatic heterocycles. The first kappa shape index (κ1) is 16.6. The number of sulfonamides is 1. The topological polar surface area (TPSA) is 89.5 Å². The Morgan fingerprint density at radius 3 is 2.68 bits per heavy atom. The Morgan fingerprint density at radius 1 is 1.42 bits per heavy atom. The van der Waals surface area contributed by atoms with E-state index in [1.54, 1.807) is 6.92 Å². The van der Waals surface area contributed by atoms with Crippen molar-refractivity contribution in [2.45, 2.75) is 31.4 Å². The number of hydrogen-bond acceptors (Lipinski definition) is 5. The van der Waals surface area contributed by atoms with E-state index < -0.39 is 38.0 Å². The second-order valence-corrected chi connectivity index (χ2v) is 8.32. The fraction of sp³-hybridized carbons (Fsp3) is 0.909. The molecule has 0 bridgehead atoms. The molecular weight excluding hydrogens is 290 g/mol. The van der Waals surface area contributed by atoms with E-state index in [-0.39, 0.29) is 6.54 Å². The third kappa shape index (κ3) is 4.54. The molecule has 6 nitrogen and oxygen atoms in total. The van der Waals surface area contributed by atoms with Crippen LogP contribution in [0.2, 0.25) is 0 Å². The molecule has 8 heteroatoms. The van der Waals surface area contributed by atoms with E-state index in [1.807, 2.05) is 0 Å². The molecule has 0 aromatic carbocycles. The maximum absolute atomic E-state index is 12.1. The molecule has 1 aliphatic carbocycles. The Hall–Kier alpha value is -0.470. The second kappa shape index (κ2) is 7.35. The molecule has 1 rings (SSSR count). The molecule has 3 atom stereocenters. The number of carbonyl (C=O) groups is 1. The molecular formula is C11H21NO5S2. The third-order valence-electron chi connectivity index (χ3n) is 3.31. The summed E-state index contributed by atoms with van der Waals surface area (Å²) in [6, 6.07) is 0. The molecule has 0 amide bonds. The molecule has 0 spiro atoms. The van der Waals surface area contributed by atoms with Crippen molar-refractivity contribution >= 4 is 26.8 Å². The van der Waals surface area contributed by atoms with Crippen molar-refractivity contribution in [1.29, 1.82) is 0 Å². The molecule has 1 N–H and O–H groups in total. The highest BCUT2D eigenvalue weighted by atomic mass is 32.2. The van der Waals surface area contributed by atoms with E-state index in [9.17, 15) is 17.4 Å². The van der Waals surface area contributed by atoms with Crippen LogP contribution in [-0.4, -0.2) is 49.0 Å². The lowest BCUT2D eigenvalue weighted by Gasteiger charge is -2.18. The SMILES string of the molecule is CCS(=O)CCNS(=O)(=O)C1CCCC1C(=O)OC. The van der Waals surface area contributed by atoms with Gasteiger partial charge in [-0.3, -0.25) is 9.00 Å². The van der Waals surface area contributed by atoms with Crippen molar-refractivity contribution in [2.24, 2.45) is 5.92 Å². The molecule has 19 heavy (non-hydrogen) atoms. The minimum atomic E-state index is -3.55. The number of methoxy groups -OCH3 is 1. The van der Waals surface area contributed by atoms with Gasteiger partial charge in [0.1, 0.15) is 0 Å². The van der Waals surface area contributed by atoms with Crippen LogP contribution in [-0.2, 0) is 30.4 Å². The van der Waals surface area contributed by atoms with Crippen LogP contribution in [0.4, 0.5) is 0 Å². The molecule has 0 saturated heterocycles. The van der Waals surface area contributed by atoms with Crippen LogP contribution in [0.5, 0.6) is 0 Å². The second-order valence-electron chi connectivity index (χ2n) is 4.47. The quantitative estimate of drug-likeness (QED) is 0.669. The number of carbonyl (C=O) groups excluding carboxylic acids is 1. The lowest BCUT2D eigenvalue weighted by Crippen LogP contribution is -2.40. The van der Waals surface area contributed by atoms with Gasteiger partial charge in [0.25, 0.3) is 0 Å². The molecule has 1 saturated carbocycles. The Balaban J connectivity index is 2.61. The van der Waals surface area contributed by atoms with Gasteiger partial charge in [-0.2, -0.15) is 0 Å². The summed E-state index contributed by atoms with van der Waals surface area (Å²) < 4.78 is 42.6. The first-order valence-electron chi connectivity index (χ1n) is 6.33. The van der Waals surface area contributed by atoms with Crippen molar-refractivity contribution in [3.8, 4) is 0 Å². The van der Waals surface area contributed by atoms with Gasteiger partial charge in [-0.25, -0.2) is 13.1 Å². The van der Waals surface area contributed by atoms with Gasteiger partial charge in [-0.1, -0.05) is 13.3 Å². The largest absolute Gasteiger partial charge is 0.469 e. The van der Waals surface area contributed by atoms with Gasteiger partial charge < -0.3 is 4.74 Å². The van der Waals surface area contributed by atoms with E-state index in [0.29, 0.717) is 30.8 Å². The summed E-state index contributed by atoms with van der Waals surface area (Å²) in [7, 11) is -3.29. The summed E-state index contributed by atoms with van der Waals surface area (Å²) in [5.74, 6) is -0.245. The lowest BCUT2D eigenvalue weighted by molar-refractivity contribution is -0.145. The van der Waals surface area contributed by atoms with Crippen molar-refractivity contribution in [2.75, 3.05) is 25.2 Å². The van der Waals surface area contributed by atoms with Gasteiger partial charge in [0.2, 0.25) is 10.0 Å². The van der Waals surface area contributed by atoms with Gasteiger partial charge in [-0.05, 0) is 12.8 Å². The molecule has 112 valence electrons. The van der Waals surface area contributed by atoms with Crippen molar-refractivity contribution < 1.29 is 22.2 Å². The summed E-state index contributed by atoms with van der Waals surface area (Å²) in [5.41, 5.74) is 0. The van der Waals surface area contributed by atoms with Crippen LogP contribution in [0.3, 0.4) is 0 Å². The lowest BCUT2D eigenvalue weighted by atomic mass is 10.1. The summed E-state index contributed by atoms with van der Waals surface area (Å²) >= 11 is 0. The highest BCUT2D eigenvalue weighted by molar-refractivity contribution is 7.90. The predicted molar refractivity (Wildman–Crippen MR) is 73.6 cm³/mol. The zero-order valence-corrected chi connectivity index (χ0v) is 12.9. The van der Waals surface area contributed by atoms with Gasteiger partial charge in [-0.15, -0.1) is 0 Å². The fourth-order valence-corrected chi connectivity index (χ4v) is 4.77. The van der Waals surface area contributed by atoms with Gasteiger partial charge in [0.05, 0.1) is 18.3 Å². The molecule has 0 heterocycles. The molecule has 0 radical (unpaired) electrons. The van der Waals surface area contributed by atoms with Crippen LogP contribution in [0.1, 0.15) is 26.2 Å². The van der Waals surface area contributed by atoms with E-state index in [0.717, 1.165) is 0 Å². The predicted octanol–water partition coefficient (Wildman–Crippen LogP) is 0.0161. The van der Waals surface area contributed by atoms with E-state index in [1.165, 1.54) is 7.11 Å². The standard InChI is InChI=1S/C11H21NO5S2/c1-3-18(14)8-7-12-19(15,16)10-6-4-5-9(10)11(13)17-2/h9-10,12H,3-8H2,1-2H3. The maximum atomic E-state index is 12.1. The smallest absolute Gasteiger partial charge is 0.310 e. The van der Waals surface area contributed by atoms with Crippen LogP contribution in [0.25, 0.3) is 0 Å². The number of esters is 1. The van der Waals surface area contributed by atoms with Gasteiger partial charge in [0, 0.05) is 28.9 Å². The molecule has 1 fully saturated rings. The van der Waals surface area contributed by atoms with E-state index >= 15 is 0 Å². The Morgan fingerprint density at radius 2 is 2.11 bits per heavy atom. The Bertz CT molecular complexity index is 434. The molecule has 1 aliphatic rings. The zero-order chi connectivity index (χ0) is 14.5. The minimum absolute atomic E-state index is 0.146. The Kier molecular flexibility index (Phi) is 6.41. The van der Waals surface area contributed by atoms with Crippen LogP contribution in [0, 0.1) is 5.92 Å². The van der Waals surface area contributed by atoms with Crippen LogP contribution >= 0.6 is 0 Å². The van der Waals surface area contributed by atoms with Crippen molar-refractivity contribution in [3.63, 3.8) is 0 Å². The molecule has 0 aromatic heterocycles. The number of nitrogens with one attached hydrogen (secondary N) is 1. The van der Waals surface area contributed by atoms with Crippen LogP contribution < -0.4 is 4.72 Å². The number of ether oxygens (including phenoxy) is 1. The van der Waals surface area contributed by atoms with Crippen LogP contribution in [0.15, 0.2) is 0 Å². The monoisotopic (exact) mass is 311 g/mol. The highest BCUT2D eigenvalue weighted by Crippen LogP contribution is 2.31. The molecule has 3 unspecified atom stereocenters. The normalized spacial score (nSPS) is 25.2. The summed E-state index contributed by atoms with van der Waals surface area (Å²) in [6.45, 7) is 1.93. The summed E-state index contributed by atoms with van der Waals surface area (Å²) in [4.78, 5) is 11.5. The highest BCUT2D eigenvalue weighted by Gasteiger charge is 2.41. The van der Waals surface area contributed by atoms with Crippen molar-refractivity contribution in [3.05, 3.63) is 0 Å². The average molecular weight is 311 g/mol. The first-order chi connectivity index (χ1) is 8.92. The van der Waals surface area contributed by atoms with Crippen molar-refractivity contribution in [1.82, 2.24) is 4.72 Å². The van der Waals surface area contributed by atoms with E-state index in [2.05, 4.69) is 9.46 Å². The number of rotatable bonds is 7. The summed E-state index contributed by atoms with van der Waals surface area (Å²) in [5, 5.41) is -0.727. The third-order valence-corrected chi connectivity index (χ3v) is 6.58. The minimum Gasteiger partial charge on any atom is -0.469 e. The average Bonchev–Trinajstić information content (AvgIpc) is 2.87. The van der Waals surface area contributed by atoms with E-state index in [4.69, 9.17) is 0 Å². The zero-order valence-electron chi connectivity index (χ0n) is 11.3. The maximum Gasteiger partial charge on any atom is 0.310 e. The Labute approximate surface area is 116 Å². The number of hydrogen-bond donors (Lipinski definition) is 1. The fourth-order valence-electron chi connectivity index (χ4n) is 2.27.